The van der Waals surface area contributed by atoms with E-state index in [4.69, 9.17) is 10.5 Å². The van der Waals surface area contributed by atoms with E-state index < -0.39 is 0 Å². The second-order valence-electron chi connectivity index (χ2n) is 5.96. The molecule has 1 aliphatic carbocycles. The Kier molecular flexibility index (Phi) is 4.91. The molecule has 4 heteroatoms. The second kappa shape index (κ2) is 7.27. The van der Waals surface area contributed by atoms with Crippen molar-refractivity contribution < 1.29 is 4.74 Å². The largest absolute Gasteiger partial charge is 0.439 e. The first-order valence-electron chi connectivity index (χ1n) is 7.98. The maximum absolute atomic E-state index is 5.94. The molecular formula is C18H23N3O. The van der Waals surface area contributed by atoms with Crippen LogP contribution in [0.1, 0.15) is 25.7 Å². The van der Waals surface area contributed by atoms with Crippen LogP contribution in [-0.2, 0) is 0 Å². The number of anilines is 1. The van der Waals surface area contributed by atoms with Gasteiger partial charge in [0.05, 0.1) is 11.9 Å². The van der Waals surface area contributed by atoms with E-state index in [1.807, 2.05) is 48.7 Å². The first-order valence-corrected chi connectivity index (χ1v) is 7.98. The minimum absolute atomic E-state index is 0.410. The van der Waals surface area contributed by atoms with Gasteiger partial charge in [-0.05, 0) is 49.8 Å². The minimum atomic E-state index is 0.410. The fourth-order valence-corrected chi connectivity index (χ4v) is 2.81. The molecule has 116 valence electrons. The molecule has 0 saturated heterocycles. The quantitative estimate of drug-likeness (QED) is 0.881. The van der Waals surface area contributed by atoms with Crippen LogP contribution in [0.2, 0.25) is 0 Å². The lowest BCUT2D eigenvalue weighted by Crippen LogP contribution is -2.29. The number of para-hydroxylation sites is 1. The van der Waals surface area contributed by atoms with Gasteiger partial charge < -0.3 is 15.8 Å². The summed E-state index contributed by atoms with van der Waals surface area (Å²) in [5.74, 6) is 2.13. The van der Waals surface area contributed by atoms with E-state index in [1.165, 1.54) is 12.8 Å². The molecule has 1 saturated carbocycles. The van der Waals surface area contributed by atoms with Crippen LogP contribution in [0.15, 0.2) is 48.7 Å². The summed E-state index contributed by atoms with van der Waals surface area (Å²) in [6.07, 6.45) is 6.56. The van der Waals surface area contributed by atoms with E-state index in [1.54, 1.807) is 0 Å². The zero-order valence-electron chi connectivity index (χ0n) is 12.7. The van der Waals surface area contributed by atoms with Crippen molar-refractivity contribution in [3.05, 3.63) is 48.7 Å². The molecule has 0 bridgehead atoms. The van der Waals surface area contributed by atoms with Crippen molar-refractivity contribution in [1.29, 1.82) is 0 Å². The zero-order chi connectivity index (χ0) is 15.2. The van der Waals surface area contributed by atoms with Crippen LogP contribution in [0.4, 0.5) is 5.69 Å². The first-order chi connectivity index (χ1) is 10.8. The van der Waals surface area contributed by atoms with Crippen LogP contribution >= 0.6 is 0 Å². The molecule has 4 nitrogen and oxygen atoms in total. The molecule has 1 aromatic heterocycles. The monoisotopic (exact) mass is 297 g/mol. The van der Waals surface area contributed by atoms with Gasteiger partial charge in [-0.2, -0.15) is 0 Å². The summed E-state index contributed by atoms with van der Waals surface area (Å²) < 4.78 is 5.69. The predicted molar refractivity (Wildman–Crippen MR) is 89.2 cm³/mol. The topological polar surface area (TPSA) is 60.2 Å². The average molecular weight is 297 g/mol. The van der Waals surface area contributed by atoms with E-state index in [-0.39, 0.29) is 0 Å². The Bertz CT molecular complexity index is 563. The number of nitrogens with zero attached hydrogens (tertiary/aromatic N) is 1. The molecule has 0 aliphatic heterocycles. The van der Waals surface area contributed by atoms with E-state index in [0.717, 1.165) is 36.7 Å². The fraction of sp³-hybridized carbons (Fsp3) is 0.389. The number of nitrogens with two attached hydrogens (primary N) is 1. The lowest BCUT2D eigenvalue weighted by Gasteiger charge is -2.26. The average Bonchev–Trinajstić information content (AvgIpc) is 2.57. The SMILES string of the molecule is N[C@H]1CC[C@H](CNc2ccc(Oc3ccccc3)nc2)CC1. The Hall–Kier alpha value is -2.07. The molecule has 1 aliphatic rings. The van der Waals surface area contributed by atoms with Crippen LogP contribution in [0.3, 0.4) is 0 Å². The van der Waals surface area contributed by atoms with Gasteiger partial charge in [0, 0.05) is 18.7 Å². The van der Waals surface area contributed by atoms with E-state index in [0.29, 0.717) is 11.9 Å². The molecule has 3 rings (SSSR count). The molecule has 22 heavy (non-hydrogen) atoms. The minimum Gasteiger partial charge on any atom is -0.439 e. The van der Waals surface area contributed by atoms with E-state index in [2.05, 4.69) is 10.3 Å². The molecule has 2 aromatic rings. The summed E-state index contributed by atoms with van der Waals surface area (Å²) in [5, 5.41) is 3.46. The first kappa shape index (κ1) is 14.9. The highest BCUT2D eigenvalue weighted by molar-refractivity contribution is 5.42. The molecule has 0 spiro atoms. The van der Waals surface area contributed by atoms with Crippen molar-refractivity contribution in [3.63, 3.8) is 0 Å². The molecule has 1 fully saturated rings. The number of pyridine rings is 1. The van der Waals surface area contributed by atoms with Crippen LogP contribution in [0.25, 0.3) is 0 Å². The van der Waals surface area contributed by atoms with Gasteiger partial charge in [-0.15, -0.1) is 0 Å². The summed E-state index contributed by atoms with van der Waals surface area (Å²) in [6, 6.07) is 14.0. The van der Waals surface area contributed by atoms with Gasteiger partial charge in [0.1, 0.15) is 5.75 Å². The highest BCUT2D eigenvalue weighted by Gasteiger charge is 2.18. The third-order valence-electron chi connectivity index (χ3n) is 4.19. The van der Waals surface area contributed by atoms with Crippen LogP contribution in [-0.4, -0.2) is 17.6 Å². The van der Waals surface area contributed by atoms with E-state index >= 15 is 0 Å². The maximum atomic E-state index is 5.94. The van der Waals surface area contributed by atoms with Gasteiger partial charge in [-0.25, -0.2) is 4.98 Å². The van der Waals surface area contributed by atoms with Gasteiger partial charge in [0.2, 0.25) is 5.88 Å². The lowest BCUT2D eigenvalue weighted by atomic mass is 9.86. The summed E-state index contributed by atoms with van der Waals surface area (Å²) in [4.78, 5) is 4.35. The van der Waals surface area contributed by atoms with Crippen LogP contribution in [0, 0.1) is 5.92 Å². The Balaban J connectivity index is 1.49. The zero-order valence-corrected chi connectivity index (χ0v) is 12.7. The van der Waals surface area contributed by atoms with E-state index in [9.17, 15) is 0 Å². The maximum Gasteiger partial charge on any atom is 0.219 e. The smallest absolute Gasteiger partial charge is 0.219 e. The normalized spacial score (nSPS) is 21.3. The van der Waals surface area contributed by atoms with Gasteiger partial charge >= 0.3 is 0 Å². The Morgan fingerprint density at radius 3 is 2.50 bits per heavy atom. The number of nitrogens with one attached hydrogen (secondary N) is 1. The van der Waals surface area contributed by atoms with Gasteiger partial charge in [0.15, 0.2) is 0 Å². The molecular weight excluding hydrogens is 274 g/mol. The third-order valence-corrected chi connectivity index (χ3v) is 4.19. The van der Waals surface area contributed by atoms with Crippen LogP contribution in [0.5, 0.6) is 11.6 Å². The number of ether oxygens (including phenoxy) is 1. The Morgan fingerprint density at radius 2 is 1.82 bits per heavy atom. The van der Waals surface area contributed by atoms with Crippen molar-refractivity contribution in [2.75, 3.05) is 11.9 Å². The van der Waals surface area contributed by atoms with Crippen LogP contribution < -0.4 is 15.8 Å². The van der Waals surface area contributed by atoms with Gasteiger partial charge in [0.25, 0.3) is 0 Å². The van der Waals surface area contributed by atoms with Crippen molar-refractivity contribution in [1.82, 2.24) is 4.98 Å². The second-order valence-corrected chi connectivity index (χ2v) is 5.96. The Morgan fingerprint density at radius 1 is 1.05 bits per heavy atom. The molecule has 0 amide bonds. The predicted octanol–water partition coefficient (Wildman–Crippen LogP) is 3.80. The molecule has 0 atom stereocenters. The van der Waals surface area contributed by atoms with Crippen molar-refractivity contribution in [3.8, 4) is 11.6 Å². The fourth-order valence-electron chi connectivity index (χ4n) is 2.81. The summed E-state index contributed by atoms with van der Waals surface area (Å²) in [6.45, 7) is 0.993. The standard InChI is InChI=1S/C18H23N3O/c19-15-8-6-14(7-9-15)12-20-16-10-11-18(21-13-16)22-17-4-2-1-3-5-17/h1-5,10-11,13-15,20H,6-9,12,19H2/t14-,15-. The molecule has 1 heterocycles. The number of benzene rings is 1. The number of rotatable bonds is 5. The summed E-state index contributed by atoms with van der Waals surface area (Å²) in [5.41, 5.74) is 6.98. The molecule has 3 N–H and O–H groups in total. The molecule has 0 radical (unpaired) electrons. The highest BCUT2D eigenvalue weighted by Crippen LogP contribution is 2.24. The van der Waals surface area contributed by atoms with Crippen molar-refractivity contribution >= 4 is 5.69 Å². The van der Waals surface area contributed by atoms with Crippen molar-refractivity contribution in [2.45, 2.75) is 31.7 Å². The number of aromatic nitrogens is 1. The Labute approximate surface area is 131 Å². The number of hydrogen-bond acceptors (Lipinski definition) is 4. The number of hydrogen-bond donors (Lipinski definition) is 2. The van der Waals surface area contributed by atoms with Gasteiger partial charge in [-0.3, -0.25) is 0 Å². The summed E-state index contributed by atoms with van der Waals surface area (Å²) >= 11 is 0. The summed E-state index contributed by atoms with van der Waals surface area (Å²) in [7, 11) is 0. The molecule has 0 unspecified atom stereocenters. The highest BCUT2D eigenvalue weighted by atomic mass is 16.5. The molecule has 1 aromatic carbocycles. The third kappa shape index (κ3) is 4.21. The lowest BCUT2D eigenvalue weighted by molar-refractivity contribution is 0.339. The van der Waals surface area contributed by atoms with Gasteiger partial charge in [-0.1, -0.05) is 18.2 Å². The van der Waals surface area contributed by atoms with Crippen molar-refractivity contribution in [2.24, 2.45) is 11.7 Å².